The average molecular weight is 235 g/mol. The van der Waals surface area contributed by atoms with E-state index in [0.717, 1.165) is 25.3 Å². The van der Waals surface area contributed by atoms with Gasteiger partial charge in [0.15, 0.2) is 0 Å². The highest BCUT2D eigenvalue weighted by Gasteiger charge is 2.40. The van der Waals surface area contributed by atoms with Crippen LogP contribution in [0.2, 0.25) is 0 Å². The van der Waals surface area contributed by atoms with Gasteiger partial charge in [0.1, 0.15) is 5.54 Å². The standard InChI is InChI=1S/C14H25N3/c1-3-17(10-12-5-4-6-12)13-7-8-14(9-13,11-15)16-2/h12-13,16H,3-10H2,1-2H3. The van der Waals surface area contributed by atoms with Crippen molar-refractivity contribution >= 4 is 0 Å². The Labute approximate surface area is 105 Å². The Kier molecular flexibility index (Phi) is 4.06. The third-order valence-corrected chi connectivity index (χ3v) is 4.82. The summed E-state index contributed by atoms with van der Waals surface area (Å²) in [5, 5.41) is 12.5. The van der Waals surface area contributed by atoms with E-state index in [9.17, 15) is 5.26 Å². The Morgan fingerprint density at radius 2 is 2.18 bits per heavy atom. The molecule has 2 rings (SSSR count). The van der Waals surface area contributed by atoms with E-state index in [4.69, 9.17) is 0 Å². The normalized spacial score (nSPS) is 33.6. The van der Waals surface area contributed by atoms with E-state index in [-0.39, 0.29) is 5.54 Å². The smallest absolute Gasteiger partial charge is 0.108 e. The topological polar surface area (TPSA) is 39.1 Å². The van der Waals surface area contributed by atoms with Crippen LogP contribution in [-0.4, -0.2) is 36.6 Å². The van der Waals surface area contributed by atoms with Crippen molar-refractivity contribution in [1.29, 1.82) is 5.26 Å². The summed E-state index contributed by atoms with van der Waals surface area (Å²) in [4.78, 5) is 2.61. The van der Waals surface area contributed by atoms with Crippen molar-refractivity contribution in [3.63, 3.8) is 0 Å². The number of hydrogen-bond donors (Lipinski definition) is 1. The van der Waals surface area contributed by atoms with Gasteiger partial charge in [0.25, 0.3) is 0 Å². The molecule has 3 nitrogen and oxygen atoms in total. The Morgan fingerprint density at radius 3 is 2.59 bits per heavy atom. The first kappa shape index (κ1) is 12.9. The van der Waals surface area contributed by atoms with Gasteiger partial charge in [0, 0.05) is 12.6 Å². The highest BCUT2D eigenvalue weighted by atomic mass is 15.2. The molecule has 0 aromatic heterocycles. The van der Waals surface area contributed by atoms with Crippen LogP contribution in [0.15, 0.2) is 0 Å². The maximum absolute atomic E-state index is 9.30. The molecule has 0 spiro atoms. The van der Waals surface area contributed by atoms with Gasteiger partial charge in [-0.3, -0.25) is 0 Å². The lowest BCUT2D eigenvalue weighted by atomic mass is 9.84. The van der Waals surface area contributed by atoms with Crippen molar-refractivity contribution < 1.29 is 0 Å². The van der Waals surface area contributed by atoms with Gasteiger partial charge >= 0.3 is 0 Å². The van der Waals surface area contributed by atoms with Gasteiger partial charge in [0.2, 0.25) is 0 Å². The van der Waals surface area contributed by atoms with Crippen molar-refractivity contribution in [3.8, 4) is 6.07 Å². The molecule has 17 heavy (non-hydrogen) atoms. The molecule has 2 fully saturated rings. The van der Waals surface area contributed by atoms with Crippen LogP contribution in [-0.2, 0) is 0 Å². The van der Waals surface area contributed by atoms with Crippen molar-refractivity contribution in [3.05, 3.63) is 0 Å². The lowest BCUT2D eigenvalue weighted by Gasteiger charge is -2.35. The maximum atomic E-state index is 9.30. The van der Waals surface area contributed by atoms with E-state index in [2.05, 4.69) is 23.2 Å². The summed E-state index contributed by atoms with van der Waals surface area (Å²) >= 11 is 0. The fraction of sp³-hybridized carbons (Fsp3) is 0.929. The monoisotopic (exact) mass is 235 g/mol. The van der Waals surface area contributed by atoms with E-state index in [1.54, 1.807) is 0 Å². The van der Waals surface area contributed by atoms with Gasteiger partial charge in [0.05, 0.1) is 6.07 Å². The molecule has 0 heterocycles. The van der Waals surface area contributed by atoms with Crippen molar-refractivity contribution in [2.75, 3.05) is 20.1 Å². The molecule has 0 aromatic carbocycles. The van der Waals surface area contributed by atoms with Gasteiger partial charge < -0.3 is 10.2 Å². The number of rotatable bonds is 5. The van der Waals surface area contributed by atoms with E-state index in [1.807, 2.05) is 7.05 Å². The molecule has 0 aliphatic heterocycles. The van der Waals surface area contributed by atoms with Crippen LogP contribution in [0, 0.1) is 17.2 Å². The summed E-state index contributed by atoms with van der Waals surface area (Å²) in [7, 11) is 1.92. The number of nitriles is 1. The predicted molar refractivity (Wildman–Crippen MR) is 69.6 cm³/mol. The molecule has 2 saturated carbocycles. The second-order valence-electron chi connectivity index (χ2n) is 5.73. The molecular formula is C14H25N3. The van der Waals surface area contributed by atoms with Gasteiger partial charge in [-0.25, -0.2) is 0 Å². The van der Waals surface area contributed by atoms with Crippen LogP contribution in [0.1, 0.15) is 45.4 Å². The lowest BCUT2D eigenvalue weighted by molar-refractivity contribution is 0.137. The van der Waals surface area contributed by atoms with Gasteiger partial charge in [-0.1, -0.05) is 13.3 Å². The third-order valence-electron chi connectivity index (χ3n) is 4.82. The Bertz CT molecular complexity index is 292. The lowest BCUT2D eigenvalue weighted by Crippen LogP contribution is -2.43. The van der Waals surface area contributed by atoms with Crippen LogP contribution < -0.4 is 5.32 Å². The van der Waals surface area contributed by atoms with Crippen molar-refractivity contribution in [2.45, 2.75) is 57.0 Å². The minimum absolute atomic E-state index is 0.252. The molecular weight excluding hydrogens is 210 g/mol. The summed E-state index contributed by atoms with van der Waals surface area (Å²) < 4.78 is 0. The minimum Gasteiger partial charge on any atom is -0.302 e. The largest absolute Gasteiger partial charge is 0.302 e. The van der Waals surface area contributed by atoms with Gasteiger partial charge in [-0.15, -0.1) is 0 Å². The fourth-order valence-corrected chi connectivity index (χ4v) is 3.26. The number of nitrogens with zero attached hydrogens (tertiary/aromatic N) is 2. The molecule has 0 saturated heterocycles. The van der Waals surface area contributed by atoms with Crippen LogP contribution in [0.5, 0.6) is 0 Å². The molecule has 0 aromatic rings. The molecule has 2 aliphatic carbocycles. The quantitative estimate of drug-likeness (QED) is 0.793. The van der Waals surface area contributed by atoms with E-state index >= 15 is 0 Å². The van der Waals surface area contributed by atoms with Crippen molar-refractivity contribution in [2.24, 2.45) is 5.92 Å². The van der Waals surface area contributed by atoms with E-state index in [0.29, 0.717) is 6.04 Å². The Balaban J connectivity index is 1.90. The second-order valence-corrected chi connectivity index (χ2v) is 5.73. The zero-order valence-electron chi connectivity index (χ0n) is 11.2. The highest BCUT2D eigenvalue weighted by Crippen LogP contribution is 2.34. The zero-order chi connectivity index (χ0) is 12.3. The molecule has 2 atom stereocenters. The van der Waals surface area contributed by atoms with Crippen molar-refractivity contribution in [1.82, 2.24) is 10.2 Å². The summed E-state index contributed by atoms with van der Waals surface area (Å²) in [6.07, 6.45) is 7.43. The molecule has 96 valence electrons. The second kappa shape index (κ2) is 5.37. The van der Waals surface area contributed by atoms with E-state index in [1.165, 1.54) is 32.2 Å². The zero-order valence-corrected chi connectivity index (χ0v) is 11.2. The van der Waals surface area contributed by atoms with Crippen LogP contribution >= 0.6 is 0 Å². The molecule has 2 aliphatic rings. The third kappa shape index (κ3) is 2.64. The first-order valence-corrected chi connectivity index (χ1v) is 7.07. The summed E-state index contributed by atoms with van der Waals surface area (Å²) in [5.41, 5.74) is -0.252. The molecule has 3 heteroatoms. The minimum atomic E-state index is -0.252. The van der Waals surface area contributed by atoms with Crippen LogP contribution in [0.4, 0.5) is 0 Å². The predicted octanol–water partition coefficient (Wildman–Crippen LogP) is 2.14. The molecule has 0 amide bonds. The SMILES string of the molecule is CCN(CC1CCC1)C1CCC(C#N)(NC)C1. The fourth-order valence-electron chi connectivity index (χ4n) is 3.26. The van der Waals surface area contributed by atoms with Crippen LogP contribution in [0.3, 0.4) is 0 Å². The number of nitrogens with one attached hydrogen (secondary N) is 1. The molecule has 1 N–H and O–H groups in total. The summed E-state index contributed by atoms with van der Waals surface area (Å²) in [6, 6.07) is 3.10. The van der Waals surface area contributed by atoms with Crippen LogP contribution in [0.25, 0.3) is 0 Å². The first-order chi connectivity index (χ1) is 8.23. The number of hydrogen-bond acceptors (Lipinski definition) is 3. The molecule has 0 bridgehead atoms. The summed E-state index contributed by atoms with van der Waals surface area (Å²) in [5.74, 6) is 0.932. The van der Waals surface area contributed by atoms with E-state index < -0.39 is 0 Å². The van der Waals surface area contributed by atoms with Gasteiger partial charge in [-0.2, -0.15) is 5.26 Å². The Morgan fingerprint density at radius 1 is 1.41 bits per heavy atom. The first-order valence-electron chi connectivity index (χ1n) is 7.07. The average Bonchev–Trinajstić information content (AvgIpc) is 2.73. The van der Waals surface area contributed by atoms with Gasteiger partial charge in [-0.05, 0) is 51.6 Å². The highest BCUT2D eigenvalue weighted by molar-refractivity contribution is 5.12. The Hall–Kier alpha value is -0.590. The molecule has 2 unspecified atom stereocenters. The summed E-state index contributed by atoms with van der Waals surface area (Å²) in [6.45, 7) is 4.64. The maximum Gasteiger partial charge on any atom is 0.108 e. The molecule has 0 radical (unpaired) electrons.